The number of anilines is 1. The minimum absolute atomic E-state index is 0.000873. The number of aliphatic hydroxyl groups excluding tert-OH is 1. The highest BCUT2D eigenvalue weighted by Crippen LogP contribution is 2.43. The topological polar surface area (TPSA) is 134 Å². The number of benzene rings is 4. The molecule has 2 unspecified atom stereocenters. The van der Waals surface area contributed by atoms with Gasteiger partial charge in [0.2, 0.25) is 10.0 Å². The van der Waals surface area contributed by atoms with Gasteiger partial charge in [-0.05, 0) is 43.2 Å². The second-order valence-corrected chi connectivity index (χ2v) is 14.9. The summed E-state index contributed by atoms with van der Waals surface area (Å²) in [7, 11) is -6.55. The van der Waals surface area contributed by atoms with Crippen molar-refractivity contribution in [2.45, 2.75) is 25.5 Å². The summed E-state index contributed by atoms with van der Waals surface area (Å²) < 4.78 is 50.9. The molecule has 0 aliphatic heterocycles. The molecule has 0 amide bonds. The van der Waals surface area contributed by atoms with Gasteiger partial charge in [0.15, 0.2) is 7.14 Å². The third-order valence-corrected chi connectivity index (χ3v) is 9.98. The maximum atomic E-state index is 14.1. The Hall–Kier alpha value is -3.82. The van der Waals surface area contributed by atoms with E-state index in [4.69, 9.17) is 9.47 Å². The number of hydrogen-bond donors (Lipinski definition) is 4. The summed E-state index contributed by atoms with van der Waals surface area (Å²) in [5.41, 5.74) is 1.07. The zero-order chi connectivity index (χ0) is 30.9. The van der Waals surface area contributed by atoms with E-state index in [1.807, 2.05) is 91.9 Å². The van der Waals surface area contributed by atoms with Crippen LogP contribution in [0.4, 0.5) is 5.69 Å². The van der Waals surface area contributed by atoms with Crippen molar-refractivity contribution in [3.63, 3.8) is 0 Å². The fourth-order valence-electron chi connectivity index (χ4n) is 4.42. The van der Waals surface area contributed by atoms with E-state index in [1.54, 1.807) is 0 Å². The van der Waals surface area contributed by atoms with Crippen molar-refractivity contribution < 1.29 is 32.7 Å². The Kier molecular flexibility index (Phi) is 10.9. The number of aliphatic hydroxyl groups is 1. The molecular formula is C32H37N2O7PS. The van der Waals surface area contributed by atoms with Gasteiger partial charge in [-0.3, -0.25) is 4.72 Å². The fraction of sp³-hybridized carbons (Fsp3) is 0.250. The van der Waals surface area contributed by atoms with Crippen molar-refractivity contribution in [1.82, 2.24) is 5.32 Å². The Morgan fingerprint density at radius 3 is 2.00 bits per heavy atom. The third-order valence-electron chi connectivity index (χ3n) is 6.63. The summed E-state index contributed by atoms with van der Waals surface area (Å²) in [6, 6.07) is 30.7. The monoisotopic (exact) mass is 624 g/mol. The number of hydrogen-bond acceptors (Lipinski definition) is 8. The first-order valence-electron chi connectivity index (χ1n) is 13.8. The molecule has 0 spiro atoms. The summed E-state index contributed by atoms with van der Waals surface area (Å²) in [4.78, 5) is 0. The quantitative estimate of drug-likeness (QED) is 0.115. The number of nitrogens with one attached hydrogen (secondary N) is 2. The van der Waals surface area contributed by atoms with Crippen molar-refractivity contribution in [3.8, 4) is 17.2 Å². The molecule has 228 valence electrons. The van der Waals surface area contributed by atoms with Crippen LogP contribution in [0.5, 0.6) is 17.2 Å². The molecule has 0 heterocycles. The van der Waals surface area contributed by atoms with Crippen LogP contribution in [0.2, 0.25) is 0 Å². The van der Waals surface area contributed by atoms with Crippen molar-refractivity contribution in [2.24, 2.45) is 0 Å². The summed E-state index contributed by atoms with van der Waals surface area (Å²) in [6.07, 6.45) is 0.927. The van der Waals surface area contributed by atoms with Gasteiger partial charge in [-0.25, -0.2) is 8.42 Å². The van der Waals surface area contributed by atoms with E-state index in [9.17, 15) is 23.2 Å². The summed E-state index contributed by atoms with van der Waals surface area (Å²) >= 11 is 0. The van der Waals surface area contributed by atoms with Crippen LogP contribution in [-0.2, 0) is 21.0 Å². The van der Waals surface area contributed by atoms with Crippen LogP contribution in [-0.4, -0.2) is 56.5 Å². The van der Waals surface area contributed by atoms with Gasteiger partial charge in [0, 0.05) is 29.3 Å². The largest absolute Gasteiger partial charge is 0.506 e. The van der Waals surface area contributed by atoms with Crippen LogP contribution in [0.25, 0.3) is 0 Å². The smallest absolute Gasteiger partial charge is 0.229 e. The summed E-state index contributed by atoms with van der Waals surface area (Å²) in [6.45, 7) is 2.27. The fourth-order valence-corrected chi connectivity index (χ4v) is 7.22. The predicted octanol–water partition coefficient (Wildman–Crippen LogP) is 4.07. The highest BCUT2D eigenvalue weighted by Gasteiger charge is 2.28. The minimum atomic E-state index is -3.57. The average molecular weight is 625 g/mol. The van der Waals surface area contributed by atoms with Gasteiger partial charge < -0.3 is 29.6 Å². The van der Waals surface area contributed by atoms with Gasteiger partial charge in [0.05, 0.1) is 11.9 Å². The minimum Gasteiger partial charge on any atom is -0.506 e. The molecule has 9 nitrogen and oxygen atoms in total. The Balaban J connectivity index is 1.25. The predicted molar refractivity (Wildman–Crippen MR) is 171 cm³/mol. The van der Waals surface area contributed by atoms with Crippen molar-refractivity contribution in [3.05, 3.63) is 109 Å². The Morgan fingerprint density at radius 1 is 0.837 bits per heavy atom. The van der Waals surface area contributed by atoms with Crippen molar-refractivity contribution in [2.75, 3.05) is 30.5 Å². The maximum Gasteiger partial charge on any atom is 0.229 e. The molecule has 2 atom stereocenters. The molecule has 43 heavy (non-hydrogen) atoms. The molecule has 4 rings (SSSR count). The first-order valence-corrected chi connectivity index (χ1v) is 17.6. The lowest BCUT2D eigenvalue weighted by molar-refractivity contribution is 0.104. The summed E-state index contributed by atoms with van der Waals surface area (Å²) in [5, 5.41) is 25.0. The van der Waals surface area contributed by atoms with Gasteiger partial charge in [-0.1, -0.05) is 72.8 Å². The van der Waals surface area contributed by atoms with E-state index in [-0.39, 0.29) is 37.0 Å². The second kappa shape index (κ2) is 14.6. The van der Waals surface area contributed by atoms with E-state index in [0.717, 1.165) is 22.4 Å². The Bertz CT molecular complexity index is 1580. The lowest BCUT2D eigenvalue weighted by atomic mass is 10.1. The highest BCUT2D eigenvalue weighted by molar-refractivity contribution is 7.92. The van der Waals surface area contributed by atoms with E-state index in [1.165, 1.54) is 18.2 Å². The van der Waals surface area contributed by atoms with E-state index in [2.05, 4.69) is 10.0 Å². The van der Waals surface area contributed by atoms with Gasteiger partial charge in [-0.2, -0.15) is 0 Å². The highest BCUT2D eigenvalue weighted by atomic mass is 32.2. The number of rotatable bonds is 15. The first-order chi connectivity index (χ1) is 20.5. The molecule has 0 bridgehead atoms. The van der Waals surface area contributed by atoms with E-state index < -0.39 is 23.3 Å². The molecule has 0 aliphatic carbocycles. The summed E-state index contributed by atoms with van der Waals surface area (Å²) in [5.74, 6) is 0.711. The van der Waals surface area contributed by atoms with Crippen LogP contribution in [0.1, 0.15) is 12.5 Å². The average Bonchev–Trinajstić information content (AvgIpc) is 3.00. The van der Waals surface area contributed by atoms with Crippen LogP contribution < -0.4 is 30.1 Å². The Morgan fingerprint density at radius 2 is 1.42 bits per heavy atom. The van der Waals surface area contributed by atoms with Crippen LogP contribution >= 0.6 is 7.14 Å². The van der Waals surface area contributed by atoms with Crippen LogP contribution in [0.15, 0.2) is 103 Å². The molecule has 0 saturated carbocycles. The van der Waals surface area contributed by atoms with Crippen molar-refractivity contribution >= 4 is 33.5 Å². The molecule has 0 aromatic heterocycles. The second-order valence-electron chi connectivity index (χ2n) is 10.4. The zero-order valence-electron chi connectivity index (χ0n) is 24.1. The standard InChI is InChI=1S/C32H37N2O7PS/c1-24(33-21-26(35)22-40-28-17-18-32(36)31(20-28)34-43(2,38)39)19-25-13-15-27(16-14-25)41-23-42(37,29-9-5-3-6-10-29)30-11-7-4-8-12-30/h3-18,20,24,26,33-36H,19,21-23H2,1-2H3. The van der Waals surface area contributed by atoms with Crippen LogP contribution in [0, 0.1) is 0 Å². The molecule has 4 aromatic rings. The number of phenols is 1. The van der Waals surface area contributed by atoms with Gasteiger partial charge in [0.25, 0.3) is 0 Å². The third kappa shape index (κ3) is 9.59. The maximum absolute atomic E-state index is 14.1. The number of phenolic OH excluding ortho intramolecular Hbond substituents is 1. The number of aromatic hydroxyl groups is 1. The van der Waals surface area contributed by atoms with E-state index in [0.29, 0.717) is 17.9 Å². The van der Waals surface area contributed by atoms with Gasteiger partial charge in [-0.15, -0.1) is 0 Å². The lowest BCUT2D eigenvalue weighted by Gasteiger charge is -2.20. The molecular weight excluding hydrogens is 587 g/mol. The molecule has 4 aromatic carbocycles. The number of sulfonamides is 1. The first kappa shape index (κ1) is 32.1. The normalized spacial score (nSPS) is 13.2. The molecule has 0 saturated heterocycles. The van der Waals surface area contributed by atoms with Gasteiger partial charge >= 0.3 is 0 Å². The number of ether oxygens (including phenoxy) is 2. The molecule has 0 fully saturated rings. The van der Waals surface area contributed by atoms with Gasteiger partial charge in [0.1, 0.15) is 36.3 Å². The molecule has 4 N–H and O–H groups in total. The Labute approximate surface area is 252 Å². The van der Waals surface area contributed by atoms with Crippen molar-refractivity contribution in [1.29, 1.82) is 0 Å². The molecule has 0 radical (unpaired) electrons. The lowest BCUT2D eigenvalue weighted by Crippen LogP contribution is -2.37. The van der Waals surface area contributed by atoms with E-state index >= 15 is 0 Å². The van der Waals surface area contributed by atoms with Crippen LogP contribution in [0.3, 0.4) is 0 Å². The molecule has 11 heteroatoms. The SMILES string of the molecule is CC(Cc1ccc(OCP(=O)(c2ccccc2)c2ccccc2)cc1)NCC(O)COc1ccc(O)c(NS(C)(=O)=O)c1. The molecule has 0 aliphatic rings. The zero-order valence-corrected chi connectivity index (χ0v) is 25.8.